The summed E-state index contributed by atoms with van der Waals surface area (Å²) in [6.45, 7) is 2.08. The SMILES string of the molecule is C[C@@H]1Oc2cc(Br)ccc2-c2cc3cc(Br)ccc3n21. The van der Waals surface area contributed by atoms with Crippen molar-refractivity contribution >= 4 is 42.8 Å². The Morgan fingerprint density at radius 2 is 1.75 bits per heavy atom. The van der Waals surface area contributed by atoms with Gasteiger partial charge in [-0.05, 0) is 49.4 Å². The lowest BCUT2D eigenvalue weighted by Crippen LogP contribution is -2.17. The van der Waals surface area contributed by atoms with Gasteiger partial charge in [-0.15, -0.1) is 0 Å². The van der Waals surface area contributed by atoms with Crippen LogP contribution >= 0.6 is 31.9 Å². The molecular weight excluding hydrogens is 382 g/mol. The highest BCUT2D eigenvalue weighted by Gasteiger charge is 2.24. The molecule has 1 aromatic heterocycles. The van der Waals surface area contributed by atoms with Gasteiger partial charge >= 0.3 is 0 Å². The largest absolute Gasteiger partial charge is 0.470 e. The molecule has 100 valence electrons. The molecule has 0 amide bonds. The van der Waals surface area contributed by atoms with E-state index in [0.717, 1.165) is 20.3 Å². The van der Waals surface area contributed by atoms with E-state index in [4.69, 9.17) is 4.74 Å². The normalized spacial score (nSPS) is 16.6. The number of ether oxygens (including phenoxy) is 1. The second-order valence-electron chi connectivity index (χ2n) is 4.96. The van der Waals surface area contributed by atoms with E-state index in [-0.39, 0.29) is 6.23 Å². The van der Waals surface area contributed by atoms with Crippen molar-refractivity contribution in [3.63, 3.8) is 0 Å². The van der Waals surface area contributed by atoms with Crippen LogP contribution in [0.3, 0.4) is 0 Å². The van der Waals surface area contributed by atoms with Crippen molar-refractivity contribution in [3.05, 3.63) is 51.4 Å². The topological polar surface area (TPSA) is 14.2 Å². The maximum Gasteiger partial charge on any atom is 0.173 e. The maximum atomic E-state index is 6.06. The number of nitrogens with zero attached hydrogens (tertiary/aromatic N) is 1. The lowest BCUT2D eigenvalue weighted by atomic mass is 10.1. The Kier molecular flexibility index (Phi) is 2.72. The van der Waals surface area contributed by atoms with Gasteiger partial charge in [0.05, 0.1) is 11.2 Å². The molecule has 2 nitrogen and oxygen atoms in total. The van der Waals surface area contributed by atoms with Crippen LogP contribution in [0, 0.1) is 0 Å². The van der Waals surface area contributed by atoms with Crippen molar-refractivity contribution in [2.75, 3.05) is 0 Å². The van der Waals surface area contributed by atoms with Crippen LogP contribution in [-0.4, -0.2) is 4.57 Å². The van der Waals surface area contributed by atoms with Crippen LogP contribution in [0.25, 0.3) is 22.2 Å². The average Bonchev–Trinajstić information content (AvgIpc) is 2.77. The minimum Gasteiger partial charge on any atom is -0.470 e. The zero-order valence-electron chi connectivity index (χ0n) is 10.7. The zero-order chi connectivity index (χ0) is 13.9. The first kappa shape index (κ1) is 12.5. The fourth-order valence-electron chi connectivity index (χ4n) is 2.85. The fraction of sp³-hybridized carbons (Fsp3) is 0.125. The summed E-state index contributed by atoms with van der Waals surface area (Å²) in [5.41, 5.74) is 3.54. The predicted molar refractivity (Wildman–Crippen MR) is 88.1 cm³/mol. The molecule has 0 N–H and O–H groups in total. The summed E-state index contributed by atoms with van der Waals surface area (Å²) in [6, 6.07) is 14.8. The van der Waals surface area contributed by atoms with Gasteiger partial charge < -0.3 is 9.30 Å². The molecule has 0 spiro atoms. The van der Waals surface area contributed by atoms with E-state index in [9.17, 15) is 0 Å². The lowest BCUT2D eigenvalue weighted by Gasteiger charge is -2.27. The van der Waals surface area contributed by atoms with Crippen LogP contribution < -0.4 is 4.74 Å². The second kappa shape index (κ2) is 4.37. The van der Waals surface area contributed by atoms with Crippen LogP contribution in [0.15, 0.2) is 51.4 Å². The summed E-state index contributed by atoms with van der Waals surface area (Å²) in [4.78, 5) is 0. The van der Waals surface area contributed by atoms with Crippen molar-refractivity contribution in [2.24, 2.45) is 0 Å². The molecule has 20 heavy (non-hydrogen) atoms. The first-order valence-electron chi connectivity index (χ1n) is 6.40. The maximum absolute atomic E-state index is 6.06. The Bertz CT molecular complexity index is 838. The number of rotatable bonds is 0. The van der Waals surface area contributed by atoms with Gasteiger partial charge in [-0.1, -0.05) is 31.9 Å². The Morgan fingerprint density at radius 3 is 2.60 bits per heavy atom. The van der Waals surface area contributed by atoms with Crippen LogP contribution in [0.5, 0.6) is 5.75 Å². The predicted octanol–water partition coefficient (Wildman–Crippen LogP) is 5.74. The monoisotopic (exact) mass is 391 g/mol. The van der Waals surface area contributed by atoms with Gasteiger partial charge in [-0.25, -0.2) is 0 Å². The van der Waals surface area contributed by atoms with E-state index in [1.807, 2.05) is 6.07 Å². The molecule has 0 radical (unpaired) electrons. The third-order valence-electron chi connectivity index (χ3n) is 3.68. The first-order chi connectivity index (χ1) is 9.63. The summed E-state index contributed by atoms with van der Waals surface area (Å²) in [5, 5.41) is 1.22. The smallest absolute Gasteiger partial charge is 0.173 e. The number of aromatic nitrogens is 1. The standard InChI is InChI=1S/C16H11Br2NO/c1-9-19-14-5-3-11(17)6-10(14)7-15(19)13-4-2-12(18)8-16(13)20-9/h2-9H,1H3/t9-/m0/s1. The Hall–Kier alpha value is -1.26. The van der Waals surface area contributed by atoms with Gasteiger partial charge in [0, 0.05) is 19.9 Å². The average molecular weight is 393 g/mol. The van der Waals surface area contributed by atoms with E-state index in [0.29, 0.717) is 0 Å². The van der Waals surface area contributed by atoms with Gasteiger partial charge in [0.1, 0.15) is 5.75 Å². The molecule has 0 saturated carbocycles. The summed E-state index contributed by atoms with van der Waals surface area (Å²) in [6.07, 6.45) is -0.00882. The zero-order valence-corrected chi connectivity index (χ0v) is 13.9. The van der Waals surface area contributed by atoms with Crippen molar-refractivity contribution in [1.82, 2.24) is 4.57 Å². The third-order valence-corrected chi connectivity index (χ3v) is 4.67. The van der Waals surface area contributed by atoms with Crippen LogP contribution in [-0.2, 0) is 0 Å². The van der Waals surface area contributed by atoms with Crippen LogP contribution in [0.4, 0.5) is 0 Å². The molecule has 4 heteroatoms. The minimum atomic E-state index is -0.00882. The molecule has 0 unspecified atom stereocenters. The minimum absolute atomic E-state index is 0.00882. The van der Waals surface area contributed by atoms with Crippen molar-refractivity contribution < 1.29 is 4.74 Å². The molecule has 1 atom stereocenters. The molecular formula is C16H11Br2NO. The van der Waals surface area contributed by atoms with Crippen molar-refractivity contribution in [3.8, 4) is 17.0 Å². The fourth-order valence-corrected chi connectivity index (χ4v) is 3.57. The molecule has 0 bridgehead atoms. The Labute approximate surface area is 133 Å². The first-order valence-corrected chi connectivity index (χ1v) is 7.99. The summed E-state index contributed by atoms with van der Waals surface area (Å²) in [7, 11) is 0. The molecule has 0 aliphatic carbocycles. The molecule has 2 aromatic carbocycles. The quantitative estimate of drug-likeness (QED) is 0.475. The van der Waals surface area contributed by atoms with Gasteiger partial charge in [0.2, 0.25) is 0 Å². The van der Waals surface area contributed by atoms with Crippen LogP contribution in [0.2, 0.25) is 0 Å². The summed E-state index contributed by atoms with van der Waals surface area (Å²) < 4.78 is 10.4. The van der Waals surface area contributed by atoms with E-state index in [1.165, 1.54) is 16.6 Å². The number of hydrogen-bond donors (Lipinski definition) is 0. The van der Waals surface area contributed by atoms with Gasteiger partial charge in [0.15, 0.2) is 6.23 Å². The highest BCUT2D eigenvalue weighted by Crippen LogP contribution is 2.43. The molecule has 0 saturated heterocycles. The molecule has 2 heterocycles. The molecule has 4 rings (SSSR count). The number of hydrogen-bond acceptors (Lipinski definition) is 1. The molecule has 1 aliphatic heterocycles. The molecule has 0 fully saturated rings. The van der Waals surface area contributed by atoms with Gasteiger partial charge in [-0.2, -0.15) is 0 Å². The van der Waals surface area contributed by atoms with E-state index < -0.39 is 0 Å². The third kappa shape index (κ3) is 1.75. The van der Waals surface area contributed by atoms with Crippen LogP contribution in [0.1, 0.15) is 13.2 Å². The highest BCUT2D eigenvalue weighted by atomic mass is 79.9. The van der Waals surface area contributed by atoms with Crippen molar-refractivity contribution in [1.29, 1.82) is 0 Å². The van der Waals surface area contributed by atoms with Crippen molar-refractivity contribution in [2.45, 2.75) is 13.2 Å². The van der Waals surface area contributed by atoms with E-state index in [2.05, 4.69) is 79.7 Å². The second-order valence-corrected chi connectivity index (χ2v) is 6.79. The molecule has 1 aliphatic rings. The lowest BCUT2D eigenvalue weighted by molar-refractivity contribution is 0.152. The highest BCUT2D eigenvalue weighted by molar-refractivity contribution is 9.10. The summed E-state index contributed by atoms with van der Waals surface area (Å²) >= 11 is 7.04. The number of benzene rings is 2. The van der Waals surface area contributed by atoms with E-state index >= 15 is 0 Å². The van der Waals surface area contributed by atoms with E-state index in [1.54, 1.807) is 0 Å². The molecule has 3 aromatic rings. The number of fused-ring (bicyclic) bond motifs is 5. The Morgan fingerprint density at radius 1 is 1.00 bits per heavy atom. The number of halogens is 2. The Balaban J connectivity index is 2.07. The summed E-state index contributed by atoms with van der Waals surface area (Å²) in [5.74, 6) is 0.932. The van der Waals surface area contributed by atoms with Gasteiger partial charge in [0.25, 0.3) is 0 Å². The van der Waals surface area contributed by atoms with Gasteiger partial charge in [-0.3, -0.25) is 0 Å².